The van der Waals surface area contributed by atoms with Crippen LogP contribution in [0.1, 0.15) is 32.1 Å². The van der Waals surface area contributed by atoms with Crippen molar-refractivity contribution in [1.82, 2.24) is 0 Å². The molecule has 4 atom stereocenters. The van der Waals surface area contributed by atoms with Gasteiger partial charge in [0.05, 0.1) is 5.60 Å². The van der Waals surface area contributed by atoms with Gasteiger partial charge >= 0.3 is 0 Å². The molecule has 1 N–H and O–H groups in total. The molecular formula is C10H14O2. The molecule has 0 spiro atoms. The Kier molecular flexibility index (Phi) is 1.13. The van der Waals surface area contributed by atoms with Crippen molar-refractivity contribution in [2.75, 3.05) is 0 Å². The number of rotatable bonds is 0. The Labute approximate surface area is 72.0 Å². The number of Topliss-reactive ketones (excluding diaryl/α,β-unsaturated/α-hetero) is 1. The molecule has 4 saturated carbocycles. The minimum absolute atomic E-state index is 0.223. The van der Waals surface area contributed by atoms with Gasteiger partial charge in [-0.05, 0) is 38.0 Å². The molecule has 4 aliphatic carbocycles. The molecule has 0 aromatic rings. The first kappa shape index (κ1) is 7.07. The molecule has 12 heavy (non-hydrogen) atoms. The van der Waals surface area contributed by atoms with Crippen LogP contribution < -0.4 is 0 Å². The molecule has 0 aromatic heterocycles. The van der Waals surface area contributed by atoms with Crippen molar-refractivity contribution in [3.8, 4) is 0 Å². The van der Waals surface area contributed by atoms with E-state index in [1.54, 1.807) is 0 Å². The third-order valence-electron chi connectivity index (χ3n) is 3.96. The van der Waals surface area contributed by atoms with Crippen molar-refractivity contribution >= 4 is 5.78 Å². The molecule has 0 heterocycles. The van der Waals surface area contributed by atoms with Gasteiger partial charge < -0.3 is 5.11 Å². The van der Waals surface area contributed by atoms with E-state index in [1.807, 2.05) is 0 Å². The van der Waals surface area contributed by atoms with Crippen LogP contribution in [0.4, 0.5) is 0 Å². The number of hydrogen-bond acceptors (Lipinski definition) is 2. The van der Waals surface area contributed by atoms with Gasteiger partial charge in [0, 0.05) is 11.8 Å². The molecule has 0 aliphatic heterocycles. The highest BCUT2D eigenvalue weighted by Gasteiger charge is 2.54. The van der Waals surface area contributed by atoms with Crippen molar-refractivity contribution < 1.29 is 9.90 Å². The van der Waals surface area contributed by atoms with E-state index in [-0.39, 0.29) is 11.8 Å². The monoisotopic (exact) mass is 166 g/mol. The topological polar surface area (TPSA) is 37.3 Å². The van der Waals surface area contributed by atoms with Crippen molar-refractivity contribution in [3.63, 3.8) is 0 Å². The quantitative estimate of drug-likeness (QED) is 0.585. The molecule has 66 valence electrons. The highest BCUT2D eigenvalue weighted by molar-refractivity contribution is 5.85. The summed E-state index contributed by atoms with van der Waals surface area (Å²) < 4.78 is 0. The van der Waals surface area contributed by atoms with E-state index < -0.39 is 5.60 Å². The lowest BCUT2D eigenvalue weighted by Gasteiger charge is -2.53. The van der Waals surface area contributed by atoms with Crippen molar-refractivity contribution in [3.05, 3.63) is 0 Å². The molecule has 2 unspecified atom stereocenters. The van der Waals surface area contributed by atoms with Gasteiger partial charge in [-0.15, -0.1) is 0 Å². The first-order chi connectivity index (χ1) is 5.66. The molecule has 0 radical (unpaired) electrons. The van der Waals surface area contributed by atoms with Crippen LogP contribution >= 0.6 is 0 Å². The van der Waals surface area contributed by atoms with Gasteiger partial charge in [0.2, 0.25) is 0 Å². The van der Waals surface area contributed by atoms with Gasteiger partial charge in [0.15, 0.2) is 0 Å². The molecule has 4 bridgehead atoms. The summed E-state index contributed by atoms with van der Waals surface area (Å²) in [4.78, 5) is 11.6. The zero-order chi connectivity index (χ0) is 8.34. The summed E-state index contributed by atoms with van der Waals surface area (Å²) in [5.74, 6) is 1.56. The second kappa shape index (κ2) is 1.92. The minimum atomic E-state index is -0.440. The van der Waals surface area contributed by atoms with E-state index in [0.717, 1.165) is 32.1 Å². The van der Waals surface area contributed by atoms with E-state index in [4.69, 9.17) is 0 Å². The fourth-order valence-corrected chi connectivity index (χ4v) is 3.71. The van der Waals surface area contributed by atoms with Crippen molar-refractivity contribution in [2.45, 2.75) is 37.7 Å². The maximum absolute atomic E-state index is 11.6. The second-order valence-corrected chi connectivity index (χ2v) is 4.97. The lowest BCUT2D eigenvalue weighted by atomic mass is 9.54. The first-order valence-corrected chi connectivity index (χ1v) is 4.92. The lowest BCUT2D eigenvalue weighted by Crippen LogP contribution is -2.54. The predicted octanol–water partition coefficient (Wildman–Crippen LogP) is 1.13. The highest BCUT2D eigenvalue weighted by Crippen LogP contribution is 2.53. The molecule has 0 amide bonds. The van der Waals surface area contributed by atoms with Crippen molar-refractivity contribution in [1.29, 1.82) is 0 Å². The van der Waals surface area contributed by atoms with Crippen LogP contribution in [0.5, 0.6) is 0 Å². The maximum atomic E-state index is 11.6. The van der Waals surface area contributed by atoms with Gasteiger partial charge in [-0.25, -0.2) is 0 Å². The Hall–Kier alpha value is -0.370. The van der Waals surface area contributed by atoms with Crippen LogP contribution in [0.15, 0.2) is 0 Å². The average molecular weight is 166 g/mol. The van der Waals surface area contributed by atoms with Crippen LogP contribution in [0.2, 0.25) is 0 Å². The molecule has 0 aromatic carbocycles. The Morgan fingerprint density at radius 2 is 1.75 bits per heavy atom. The van der Waals surface area contributed by atoms with Crippen LogP contribution in [-0.2, 0) is 4.79 Å². The maximum Gasteiger partial charge on any atom is 0.139 e. The van der Waals surface area contributed by atoms with Crippen LogP contribution in [0.3, 0.4) is 0 Å². The van der Waals surface area contributed by atoms with Gasteiger partial charge in [0.25, 0.3) is 0 Å². The van der Waals surface area contributed by atoms with E-state index >= 15 is 0 Å². The van der Waals surface area contributed by atoms with Gasteiger partial charge in [0.1, 0.15) is 5.78 Å². The summed E-state index contributed by atoms with van der Waals surface area (Å²) in [5, 5.41) is 10.1. The Morgan fingerprint density at radius 1 is 1.17 bits per heavy atom. The van der Waals surface area contributed by atoms with Gasteiger partial charge in [-0.2, -0.15) is 0 Å². The molecule has 4 rings (SSSR count). The van der Waals surface area contributed by atoms with Gasteiger partial charge in [-0.3, -0.25) is 4.79 Å². The Balaban J connectivity index is 2.00. The molecule has 0 saturated heterocycles. The number of hydrogen-bond donors (Lipinski definition) is 1. The summed E-state index contributed by atoms with van der Waals surface area (Å²) in [6.45, 7) is 0. The summed E-state index contributed by atoms with van der Waals surface area (Å²) in [7, 11) is 0. The Bertz CT molecular complexity index is 228. The second-order valence-electron chi connectivity index (χ2n) is 4.97. The van der Waals surface area contributed by atoms with Crippen LogP contribution in [0, 0.1) is 17.8 Å². The Morgan fingerprint density at radius 3 is 2.25 bits per heavy atom. The van der Waals surface area contributed by atoms with E-state index in [9.17, 15) is 9.90 Å². The number of aliphatic hydroxyl groups is 1. The normalized spacial score (nSPS) is 56.4. The molecule has 2 heteroatoms. The molecule has 2 nitrogen and oxygen atoms in total. The predicted molar refractivity (Wildman–Crippen MR) is 43.5 cm³/mol. The molecule has 4 fully saturated rings. The zero-order valence-electron chi connectivity index (χ0n) is 7.12. The standard InChI is InChI=1S/C10H14O2/c11-9-7-1-6-2-8(9)5-10(12,3-6)4-7/h6-8,12H,1-5H2/t6-,7-,8?,10?/m1/s1. The van der Waals surface area contributed by atoms with E-state index in [0.29, 0.717) is 11.7 Å². The van der Waals surface area contributed by atoms with E-state index in [1.165, 1.54) is 0 Å². The first-order valence-electron chi connectivity index (χ1n) is 4.92. The molecular weight excluding hydrogens is 152 g/mol. The summed E-state index contributed by atoms with van der Waals surface area (Å²) in [5.41, 5.74) is -0.440. The third-order valence-corrected chi connectivity index (χ3v) is 3.96. The summed E-state index contributed by atoms with van der Waals surface area (Å²) >= 11 is 0. The lowest BCUT2D eigenvalue weighted by molar-refractivity contribution is -0.161. The van der Waals surface area contributed by atoms with E-state index in [2.05, 4.69) is 0 Å². The number of ketones is 1. The van der Waals surface area contributed by atoms with Gasteiger partial charge in [-0.1, -0.05) is 0 Å². The largest absolute Gasteiger partial charge is 0.390 e. The third kappa shape index (κ3) is 0.764. The summed E-state index contributed by atoms with van der Waals surface area (Å²) in [6, 6.07) is 0. The number of carbonyl (C=O) groups excluding carboxylic acids is 1. The molecule has 4 aliphatic rings. The highest BCUT2D eigenvalue weighted by atomic mass is 16.3. The average Bonchev–Trinajstić information content (AvgIpc) is 1.96. The number of carbonyl (C=O) groups is 1. The minimum Gasteiger partial charge on any atom is -0.390 e. The fourth-order valence-electron chi connectivity index (χ4n) is 3.71. The van der Waals surface area contributed by atoms with Crippen molar-refractivity contribution in [2.24, 2.45) is 17.8 Å². The van der Waals surface area contributed by atoms with Crippen LogP contribution in [-0.4, -0.2) is 16.5 Å². The zero-order valence-corrected chi connectivity index (χ0v) is 7.12. The fraction of sp³-hybridized carbons (Fsp3) is 0.900. The summed E-state index contributed by atoms with van der Waals surface area (Å²) in [6.07, 6.45) is 4.63. The smallest absolute Gasteiger partial charge is 0.139 e. The SMILES string of the molecule is O=C1C2C[C@H]3C[C@@H]1CC(O)(C2)C3. The van der Waals surface area contributed by atoms with Crippen LogP contribution in [0.25, 0.3) is 0 Å².